The standard InChI is InChI=1S/C12H18N2O7/c15-5-9(17)11(19)10(18)7-4-13-6(3-14-7)1-2-8(16)12(20)21/h3-4,9-12,15,17-21H,1-2,5H2. The number of rotatable bonds is 8. The van der Waals surface area contributed by atoms with Crippen molar-refractivity contribution >= 4 is 5.78 Å². The van der Waals surface area contributed by atoms with Gasteiger partial charge in [-0.2, -0.15) is 0 Å². The number of carbonyl (C=O) groups is 1. The normalized spacial score (nSPS) is 15.8. The molecule has 0 amide bonds. The van der Waals surface area contributed by atoms with Crippen LogP contribution in [-0.4, -0.2) is 71.5 Å². The molecule has 1 aromatic rings. The zero-order valence-corrected chi connectivity index (χ0v) is 11.1. The zero-order valence-electron chi connectivity index (χ0n) is 11.1. The molecular formula is C12H18N2O7. The zero-order chi connectivity index (χ0) is 16.0. The number of hydrogen-bond donors (Lipinski definition) is 6. The first kappa shape index (κ1) is 17.6. The molecular weight excluding hydrogens is 284 g/mol. The fourth-order valence-corrected chi connectivity index (χ4v) is 1.52. The third kappa shape index (κ3) is 5.08. The van der Waals surface area contributed by atoms with Gasteiger partial charge >= 0.3 is 0 Å². The third-order valence-corrected chi connectivity index (χ3v) is 2.85. The lowest BCUT2D eigenvalue weighted by molar-refractivity contribution is -0.144. The predicted octanol–water partition coefficient (Wildman–Crippen LogP) is -2.96. The highest BCUT2D eigenvalue weighted by molar-refractivity contribution is 5.81. The number of aromatic nitrogens is 2. The summed E-state index contributed by atoms with van der Waals surface area (Å²) in [7, 11) is 0. The first-order valence-electron chi connectivity index (χ1n) is 6.21. The summed E-state index contributed by atoms with van der Waals surface area (Å²) in [5.74, 6) is -0.748. The van der Waals surface area contributed by atoms with E-state index in [4.69, 9.17) is 15.3 Å². The van der Waals surface area contributed by atoms with Crippen LogP contribution >= 0.6 is 0 Å². The average molecular weight is 302 g/mol. The van der Waals surface area contributed by atoms with E-state index in [1.165, 1.54) is 6.20 Å². The Labute approximate surface area is 120 Å². The molecule has 1 aromatic heterocycles. The van der Waals surface area contributed by atoms with Crippen molar-refractivity contribution in [1.29, 1.82) is 0 Å². The van der Waals surface area contributed by atoms with Crippen molar-refractivity contribution in [3.05, 3.63) is 23.8 Å². The molecule has 3 unspecified atom stereocenters. The fraction of sp³-hybridized carbons (Fsp3) is 0.583. The highest BCUT2D eigenvalue weighted by Crippen LogP contribution is 2.16. The number of carbonyl (C=O) groups excluding carboxylic acids is 1. The van der Waals surface area contributed by atoms with Crippen LogP contribution < -0.4 is 0 Å². The summed E-state index contributed by atoms with van der Waals surface area (Å²) in [6, 6.07) is 0. The van der Waals surface area contributed by atoms with Gasteiger partial charge in [-0.3, -0.25) is 14.8 Å². The minimum atomic E-state index is -2.02. The van der Waals surface area contributed by atoms with Crippen molar-refractivity contribution in [3.63, 3.8) is 0 Å². The van der Waals surface area contributed by atoms with Crippen LogP contribution in [0.1, 0.15) is 23.9 Å². The van der Waals surface area contributed by atoms with Gasteiger partial charge in [-0.25, -0.2) is 0 Å². The van der Waals surface area contributed by atoms with Gasteiger partial charge < -0.3 is 30.6 Å². The molecule has 0 aliphatic carbocycles. The van der Waals surface area contributed by atoms with Gasteiger partial charge in [0.25, 0.3) is 0 Å². The molecule has 0 aromatic carbocycles. The first-order valence-corrected chi connectivity index (χ1v) is 6.21. The van der Waals surface area contributed by atoms with Crippen LogP contribution in [0.2, 0.25) is 0 Å². The highest BCUT2D eigenvalue weighted by Gasteiger charge is 2.26. The Morgan fingerprint density at radius 2 is 1.76 bits per heavy atom. The fourth-order valence-electron chi connectivity index (χ4n) is 1.52. The SMILES string of the molecule is O=C(CCc1cnc(C(O)C(O)C(O)CO)cn1)C(O)O. The molecule has 0 fully saturated rings. The Morgan fingerprint density at radius 3 is 2.24 bits per heavy atom. The molecule has 6 N–H and O–H groups in total. The van der Waals surface area contributed by atoms with Crippen molar-refractivity contribution < 1.29 is 35.4 Å². The second-order valence-electron chi connectivity index (χ2n) is 4.46. The minimum Gasteiger partial charge on any atom is -0.394 e. The second-order valence-corrected chi connectivity index (χ2v) is 4.46. The maximum absolute atomic E-state index is 11.0. The molecule has 3 atom stereocenters. The molecule has 0 aliphatic rings. The molecule has 0 spiro atoms. The van der Waals surface area contributed by atoms with Crippen LogP contribution in [0, 0.1) is 0 Å². The van der Waals surface area contributed by atoms with E-state index in [1.54, 1.807) is 0 Å². The Bertz CT molecular complexity index is 451. The van der Waals surface area contributed by atoms with E-state index >= 15 is 0 Å². The Hall–Kier alpha value is -1.49. The van der Waals surface area contributed by atoms with Crippen molar-refractivity contribution in [2.45, 2.75) is 37.4 Å². The number of hydrogen-bond acceptors (Lipinski definition) is 9. The lowest BCUT2D eigenvalue weighted by atomic mass is 10.1. The lowest BCUT2D eigenvalue weighted by Crippen LogP contribution is -2.35. The molecule has 9 nitrogen and oxygen atoms in total. The molecule has 0 saturated carbocycles. The monoisotopic (exact) mass is 302 g/mol. The molecule has 118 valence electrons. The average Bonchev–Trinajstić information content (AvgIpc) is 2.50. The maximum Gasteiger partial charge on any atom is 0.212 e. The molecule has 1 rings (SSSR count). The third-order valence-electron chi connectivity index (χ3n) is 2.85. The van der Waals surface area contributed by atoms with Gasteiger partial charge in [0.05, 0.1) is 24.2 Å². The lowest BCUT2D eigenvalue weighted by Gasteiger charge is -2.20. The second kappa shape index (κ2) is 8.08. The predicted molar refractivity (Wildman–Crippen MR) is 67.6 cm³/mol. The largest absolute Gasteiger partial charge is 0.394 e. The van der Waals surface area contributed by atoms with Crippen molar-refractivity contribution in [2.24, 2.45) is 0 Å². The van der Waals surface area contributed by atoms with Gasteiger partial charge in [0.15, 0.2) is 5.78 Å². The summed E-state index contributed by atoms with van der Waals surface area (Å²) >= 11 is 0. The summed E-state index contributed by atoms with van der Waals surface area (Å²) < 4.78 is 0. The van der Waals surface area contributed by atoms with Gasteiger partial charge in [0.2, 0.25) is 6.29 Å². The molecule has 0 radical (unpaired) electrons. The number of aryl methyl sites for hydroxylation is 1. The van der Waals surface area contributed by atoms with Gasteiger partial charge in [-0.05, 0) is 6.42 Å². The van der Waals surface area contributed by atoms with E-state index < -0.39 is 37.0 Å². The number of aliphatic hydroxyl groups is 6. The van der Waals surface area contributed by atoms with Crippen LogP contribution in [0.25, 0.3) is 0 Å². The minimum absolute atomic E-state index is 0.00716. The summed E-state index contributed by atoms with van der Waals surface area (Å²) in [6.07, 6.45) is -4.22. The van der Waals surface area contributed by atoms with Gasteiger partial charge in [0, 0.05) is 12.6 Å². The topological polar surface area (TPSA) is 164 Å². The van der Waals surface area contributed by atoms with Crippen LogP contribution in [-0.2, 0) is 11.2 Å². The van der Waals surface area contributed by atoms with Crippen molar-refractivity contribution in [1.82, 2.24) is 9.97 Å². The Balaban J connectivity index is 2.63. The number of Topliss-reactive ketones (excluding diaryl/α,β-unsaturated/α-hetero) is 1. The summed E-state index contributed by atoms with van der Waals surface area (Å²) in [4.78, 5) is 18.8. The smallest absolute Gasteiger partial charge is 0.212 e. The van der Waals surface area contributed by atoms with Gasteiger partial charge in [-0.15, -0.1) is 0 Å². The number of ketones is 1. The van der Waals surface area contributed by atoms with Crippen LogP contribution in [0.15, 0.2) is 12.4 Å². The van der Waals surface area contributed by atoms with Crippen molar-refractivity contribution in [2.75, 3.05) is 6.61 Å². The van der Waals surface area contributed by atoms with Gasteiger partial charge in [-0.1, -0.05) is 0 Å². The van der Waals surface area contributed by atoms with E-state index in [1.807, 2.05) is 0 Å². The number of aliphatic hydroxyl groups excluding tert-OH is 5. The summed E-state index contributed by atoms with van der Waals surface area (Å²) in [5.41, 5.74) is 0.379. The van der Waals surface area contributed by atoms with E-state index in [2.05, 4.69) is 9.97 Å². The molecule has 0 aliphatic heterocycles. The molecule has 21 heavy (non-hydrogen) atoms. The molecule has 0 bridgehead atoms. The van der Waals surface area contributed by atoms with Crippen LogP contribution in [0.5, 0.6) is 0 Å². The van der Waals surface area contributed by atoms with E-state index in [0.717, 1.165) is 6.20 Å². The maximum atomic E-state index is 11.0. The van der Waals surface area contributed by atoms with E-state index in [9.17, 15) is 20.1 Å². The Kier molecular flexibility index (Phi) is 6.75. The molecule has 9 heteroatoms. The summed E-state index contributed by atoms with van der Waals surface area (Å²) in [5, 5.41) is 54.4. The van der Waals surface area contributed by atoms with Crippen LogP contribution in [0.4, 0.5) is 0 Å². The van der Waals surface area contributed by atoms with E-state index in [0.29, 0.717) is 5.69 Å². The first-order chi connectivity index (χ1) is 9.86. The number of nitrogens with zero attached hydrogens (tertiary/aromatic N) is 2. The summed E-state index contributed by atoms with van der Waals surface area (Å²) in [6.45, 7) is -0.713. The molecule has 0 saturated heterocycles. The Morgan fingerprint density at radius 1 is 1.10 bits per heavy atom. The van der Waals surface area contributed by atoms with Crippen molar-refractivity contribution in [3.8, 4) is 0 Å². The quantitative estimate of drug-likeness (QED) is 0.275. The van der Waals surface area contributed by atoms with Crippen LogP contribution in [0.3, 0.4) is 0 Å². The van der Waals surface area contributed by atoms with E-state index in [-0.39, 0.29) is 18.5 Å². The van der Waals surface area contributed by atoms with Gasteiger partial charge in [0.1, 0.15) is 18.3 Å². The highest BCUT2D eigenvalue weighted by atomic mass is 16.5. The molecule has 1 heterocycles.